The van der Waals surface area contributed by atoms with E-state index >= 15 is 4.39 Å². The maximum Gasteiger partial charge on any atom is 0.228 e. The number of rotatable bonds is 1. The molecular formula is C31H29FNO+. The topological polar surface area (TPSA) is 13.1 Å². The second-order valence-corrected chi connectivity index (χ2v) is 11.0. The molecule has 0 N–H and O–H groups in total. The third-order valence-corrected chi connectivity index (χ3v) is 7.11. The highest BCUT2D eigenvalue weighted by Crippen LogP contribution is 2.52. The predicted molar refractivity (Wildman–Crippen MR) is 138 cm³/mol. The van der Waals surface area contributed by atoms with Crippen LogP contribution in [0.15, 0.2) is 54.7 Å². The normalized spacial score (nSPS) is 12.9. The van der Waals surface area contributed by atoms with Crippen LogP contribution in [0.1, 0.15) is 37.5 Å². The molecule has 0 spiro atoms. The molecule has 34 heavy (non-hydrogen) atoms. The number of halogens is 1. The molecule has 2 nitrogen and oxygen atoms in total. The van der Waals surface area contributed by atoms with Crippen LogP contribution in [0, 0.1) is 25.1 Å². The summed E-state index contributed by atoms with van der Waals surface area (Å²) in [5.74, 6) is 1.54. The molecule has 6 rings (SSSR count). The van der Waals surface area contributed by atoms with Gasteiger partial charge in [0.05, 0.1) is 10.9 Å². The van der Waals surface area contributed by atoms with Gasteiger partial charge in [-0.2, -0.15) is 0 Å². The number of pyridine rings is 1. The van der Waals surface area contributed by atoms with Gasteiger partial charge >= 0.3 is 0 Å². The fourth-order valence-corrected chi connectivity index (χ4v) is 5.67. The van der Waals surface area contributed by atoms with Crippen molar-refractivity contribution < 1.29 is 13.7 Å². The Kier molecular flexibility index (Phi) is 4.36. The maximum absolute atomic E-state index is 15.0. The number of ether oxygens (including phenoxy) is 1. The molecule has 0 saturated heterocycles. The zero-order valence-electron chi connectivity index (χ0n) is 20.6. The van der Waals surface area contributed by atoms with Gasteiger partial charge in [0.1, 0.15) is 24.4 Å². The zero-order chi connectivity index (χ0) is 23.9. The van der Waals surface area contributed by atoms with Crippen LogP contribution in [-0.4, -0.2) is 0 Å². The lowest BCUT2D eigenvalue weighted by molar-refractivity contribution is -0.659. The zero-order valence-corrected chi connectivity index (χ0v) is 20.6. The highest BCUT2D eigenvalue weighted by Gasteiger charge is 2.34. The Hall–Kier alpha value is -3.46. The van der Waals surface area contributed by atoms with E-state index in [0.717, 1.165) is 45.3 Å². The number of fused-ring (bicyclic) bond motifs is 5. The third-order valence-electron chi connectivity index (χ3n) is 7.11. The molecule has 3 heteroatoms. The van der Waals surface area contributed by atoms with Crippen LogP contribution in [0.3, 0.4) is 0 Å². The van der Waals surface area contributed by atoms with Gasteiger partial charge in [0.25, 0.3) is 0 Å². The molecule has 0 saturated carbocycles. The van der Waals surface area contributed by atoms with Crippen LogP contribution in [0.4, 0.5) is 4.39 Å². The number of benzene rings is 4. The van der Waals surface area contributed by atoms with Crippen LogP contribution >= 0.6 is 0 Å². The van der Waals surface area contributed by atoms with Crippen LogP contribution in [0.25, 0.3) is 43.6 Å². The molecule has 1 aliphatic heterocycles. The van der Waals surface area contributed by atoms with Gasteiger partial charge in [-0.3, -0.25) is 0 Å². The fraction of sp³-hybridized carbons (Fsp3) is 0.258. The second-order valence-electron chi connectivity index (χ2n) is 11.0. The molecule has 1 aliphatic rings. The number of hydrogen-bond acceptors (Lipinski definition) is 1. The summed E-state index contributed by atoms with van der Waals surface area (Å²) in [5, 5.41) is 5.89. The Morgan fingerprint density at radius 3 is 2.47 bits per heavy atom. The molecule has 0 atom stereocenters. The monoisotopic (exact) mass is 450 g/mol. The van der Waals surface area contributed by atoms with Crippen LogP contribution < -0.4 is 9.30 Å². The molecule has 0 aliphatic carbocycles. The molecule has 0 unspecified atom stereocenters. The Morgan fingerprint density at radius 1 is 0.912 bits per heavy atom. The molecular weight excluding hydrogens is 421 g/mol. The predicted octanol–water partition coefficient (Wildman–Crippen LogP) is 8.09. The quantitative estimate of drug-likeness (QED) is 0.182. The van der Waals surface area contributed by atoms with E-state index in [1.54, 1.807) is 6.07 Å². The van der Waals surface area contributed by atoms with Crippen molar-refractivity contribution in [2.45, 2.75) is 41.0 Å². The van der Waals surface area contributed by atoms with E-state index in [1.165, 1.54) is 33.5 Å². The summed E-state index contributed by atoms with van der Waals surface area (Å²) in [4.78, 5) is 0. The van der Waals surface area contributed by atoms with E-state index in [0.29, 0.717) is 5.39 Å². The van der Waals surface area contributed by atoms with Crippen molar-refractivity contribution in [1.82, 2.24) is 0 Å². The Labute approximate surface area is 199 Å². The first-order valence-electron chi connectivity index (χ1n) is 11.9. The number of aryl methyl sites for hydroxylation is 3. The molecule has 2 heterocycles. The van der Waals surface area contributed by atoms with Crippen molar-refractivity contribution in [3.63, 3.8) is 0 Å². The van der Waals surface area contributed by atoms with Gasteiger partial charge in [-0.05, 0) is 59.5 Å². The largest absolute Gasteiger partial charge is 0.455 e. The summed E-state index contributed by atoms with van der Waals surface area (Å²) >= 11 is 0. The van der Waals surface area contributed by atoms with Gasteiger partial charge in [0, 0.05) is 22.4 Å². The summed E-state index contributed by atoms with van der Waals surface area (Å²) in [6.45, 7) is 11.1. The average molecular weight is 451 g/mol. The Balaban J connectivity index is 1.83. The van der Waals surface area contributed by atoms with Gasteiger partial charge in [-0.15, -0.1) is 0 Å². The summed E-state index contributed by atoms with van der Waals surface area (Å²) in [6.07, 6.45) is 2.94. The SMILES string of the molecule is Cc1ccc2c(C)c3c(c(CC(C)(C)C)c2c1)Oc1cc2cccc(F)c2c2cc[n+](C)c-3c12. The van der Waals surface area contributed by atoms with Gasteiger partial charge < -0.3 is 4.74 Å². The van der Waals surface area contributed by atoms with Crippen LogP contribution in [-0.2, 0) is 13.5 Å². The van der Waals surface area contributed by atoms with E-state index in [9.17, 15) is 0 Å². The van der Waals surface area contributed by atoms with Crippen LogP contribution in [0.2, 0.25) is 0 Å². The van der Waals surface area contributed by atoms with Gasteiger partial charge in [0.2, 0.25) is 5.69 Å². The van der Waals surface area contributed by atoms with Crippen molar-refractivity contribution in [2.24, 2.45) is 12.5 Å². The minimum Gasteiger partial charge on any atom is -0.455 e. The Morgan fingerprint density at radius 2 is 1.71 bits per heavy atom. The molecule has 170 valence electrons. The highest BCUT2D eigenvalue weighted by molar-refractivity contribution is 6.16. The molecule has 5 aromatic rings. The standard InChI is InChI=1S/C31H29FNO/c1-17-10-11-20-18(2)26-29-28-21(12-13-33(29)6)27-19(8-7-9-24(27)32)15-25(28)34-30(26)23(22(20)14-17)16-31(3,4)5/h7-15H,16H2,1-6H3/q+1. The average Bonchev–Trinajstić information content (AvgIpc) is 2.77. The highest BCUT2D eigenvalue weighted by atomic mass is 19.1. The first-order valence-corrected chi connectivity index (χ1v) is 11.9. The first-order chi connectivity index (χ1) is 16.1. The van der Waals surface area contributed by atoms with E-state index in [1.807, 2.05) is 24.4 Å². The van der Waals surface area contributed by atoms with Crippen LogP contribution in [0.5, 0.6) is 11.5 Å². The molecule has 0 radical (unpaired) electrons. The van der Waals surface area contributed by atoms with E-state index in [2.05, 4.69) is 64.4 Å². The first kappa shape index (κ1) is 21.1. The molecule has 1 aromatic heterocycles. The summed E-state index contributed by atoms with van der Waals surface area (Å²) in [7, 11) is 2.07. The summed E-state index contributed by atoms with van der Waals surface area (Å²) < 4.78 is 24.0. The Bertz CT molecular complexity index is 1670. The molecule has 0 bridgehead atoms. The van der Waals surface area contributed by atoms with Crippen molar-refractivity contribution in [2.75, 3.05) is 0 Å². The van der Waals surface area contributed by atoms with E-state index in [4.69, 9.17) is 4.74 Å². The molecule has 0 fully saturated rings. The fourth-order valence-electron chi connectivity index (χ4n) is 5.67. The summed E-state index contributed by atoms with van der Waals surface area (Å²) in [6, 6.07) is 16.0. The number of nitrogens with zero attached hydrogens (tertiary/aromatic N) is 1. The van der Waals surface area contributed by atoms with Gasteiger partial charge in [0.15, 0.2) is 6.20 Å². The van der Waals surface area contributed by atoms with Crippen molar-refractivity contribution in [3.05, 3.63) is 77.2 Å². The third kappa shape index (κ3) is 2.96. The lowest BCUT2D eigenvalue weighted by Crippen LogP contribution is -2.32. The number of hydrogen-bond donors (Lipinski definition) is 0. The minimum absolute atomic E-state index is 0.0874. The second kappa shape index (κ2) is 7.02. The van der Waals surface area contributed by atoms with Crippen molar-refractivity contribution >= 4 is 32.3 Å². The van der Waals surface area contributed by atoms with Crippen molar-refractivity contribution in [1.29, 1.82) is 0 Å². The van der Waals surface area contributed by atoms with E-state index in [-0.39, 0.29) is 11.2 Å². The van der Waals surface area contributed by atoms with E-state index < -0.39 is 0 Å². The molecule has 4 aromatic carbocycles. The lowest BCUT2D eigenvalue weighted by atomic mass is 9.81. The van der Waals surface area contributed by atoms with Crippen molar-refractivity contribution in [3.8, 4) is 22.8 Å². The summed E-state index contributed by atoms with van der Waals surface area (Å²) in [5.41, 5.74) is 5.98. The van der Waals surface area contributed by atoms with Gasteiger partial charge in [-0.1, -0.05) is 56.7 Å². The smallest absolute Gasteiger partial charge is 0.228 e. The number of aromatic nitrogens is 1. The lowest BCUT2D eigenvalue weighted by Gasteiger charge is -2.28. The van der Waals surface area contributed by atoms with Gasteiger partial charge in [-0.25, -0.2) is 8.96 Å². The maximum atomic E-state index is 15.0. The minimum atomic E-state index is -0.200. The molecule has 0 amide bonds.